The van der Waals surface area contributed by atoms with Crippen LogP contribution >= 0.6 is 15.9 Å². The van der Waals surface area contributed by atoms with Crippen LogP contribution in [0.5, 0.6) is 11.5 Å². The van der Waals surface area contributed by atoms with Crippen LogP contribution < -0.4 is 9.47 Å². The second-order valence-electron chi connectivity index (χ2n) is 6.67. The average molecular weight is 448 g/mol. The number of esters is 1. The minimum absolute atomic E-state index is 0.103. The first-order chi connectivity index (χ1) is 13.5. The van der Waals surface area contributed by atoms with Crippen LogP contribution in [0.3, 0.4) is 0 Å². The Hall–Kier alpha value is -2.21. The Morgan fingerprint density at radius 2 is 2.04 bits per heavy atom. The third-order valence-corrected chi connectivity index (χ3v) is 5.39. The number of aliphatic imine (C=N–C) groups is 1. The lowest BCUT2D eigenvalue weighted by atomic mass is 9.98. The number of hydrogen-bond acceptors (Lipinski definition) is 4. The highest BCUT2D eigenvalue weighted by atomic mass is 79.9. The molecule has 0 atom stereocenters. The standard InChI is InChI=1S/C22H23BrFNO3/c1-3-4-13-27-21-17(22(26)28-15-9-6-5-7-10-15)14(2)20(24)18(19(21)23)16-11-8-12-25-16/h5-7,9-10H,3-4,8,11-13H2,1-2H3. The van der Waals surface area contributed by atoms with Gasteiger partial charge in [-0.2, -0.15) is 0 Å². The van der Waals surface area contributed by atoms with Gasteiger partial charge in [0.2, 0.25) is 0 Å². The Kier molecular flexibility index (Phi) is 6.83. The van der Waals surface area contributed by atoms with E-state index in [2.05, 4.69) is 27.8 Å². The molecule has 0 spiro atoms. The van der Waals surface area contributed by atoms with Gasteiger partial charge in [0.25, 0.3) is 0 Å². The maximum absolute atomic E-state index is 15.3. The SMILES string of the molecule is CCCCOc1c(Br)c(C2=NCCC2)c(F)c(C)c1C(=O)Oc1ccccc1. The van der Waals surface area contributed by atoms with E-state index in [4.69, 9.17) is 9.47 Å². The van der Waals surface area contributed by atoms with Crippen molar-refractivity contribution in [2.75, 3.05) is 13.2 Å². The molecule has 1 aliphatic rings. The van der Waals surface area contributed by atoms with E-state index in [0.717, 1.165) is 19.3 Å². The van der Waals surface area contributed by atoms with Gasteiger partial charge in [0.05, 0.1) is 11.1 Å². The maximum Gasteiger partial charge on any atom is 0.347 e. The zero-order valence-corrected chi connectivity index (χ0v) is 17.6. The molecule has 3 rings (SSSR count). The molecule has 0 aromatic heterocycles. The van der Waals surface area contributed by atoms with E-state index in [-0.39, 0.29) is 11.1 Å². The Labute approximate surface area is 172 Å². The van der Waals surface area contributed by atoms with E-state index < -0.39 is 11.8 Å². The van der Waals surface area contributed by atoms with Crippen LogP contribution in [-0.4, -0.2) is 24.8 Å². The number of rotatable bonds is 7. The highest BCUT2D eigenvalue weighted by Crippen LogP contribution is 2.39. The third kappa shape index (κ3) is 4.27. The van der Waals surface area contributed by atoms with Crippen molar-refractivity contribution in [3.8, 4) is 11.5 Å². The van der Waals surface area contributed by atoms with Crippen LogP contribution in [0.1, 0.15) is 54.1 Å². The molecule has 0 aliphatic carbocycles. The molecule has 1 aliphatic heterocycles. The van der Waals surface area contributed by atoms with Crippen molar-refractivity contribution >= 4 is 27.6 Å². The topological polar surface area (TPSA) is 47.9 Å². The number of para-hydroxylation sites is 1. The normalized spacial score (nSPS) is 13.4. The highest BCUT2D eigenvalue weighted by molar-refractivity contribution is 9.10. The summed E-state index contributed by atoms with van der Waals surface area (Å²) < 4.78 is 27.1. The van der Waals surface area contributed by atoms with Crippen LogP contribution in [0.2, 0.25) is 0 Å². The second-order valence-corrected chi connectivity index (χ2v) is 7.46. The zero-order valence-electron chi connectivity index (χ0n) is 16.1. The molecule has 0 amide bonds. The lowest BCUT2D eigenvalue weighted by Gasteiger charge is -2.19. The van der Waals surface area contributed by atoms with Gasteiger partial charge in [-0.25, -0.2) is 9.18 Å². The van der Waals surface area contributed by atoms with Gasteiger partial charge in [0.1, 0.15) is 22.9 Å². The molecular formula is C22H23BrFNO3. The fourth-order valence-corrected chi connectivity index (χ4v) is 3.85. The summed E-state index contributed by atoms with van der Waals surface area (Å²) in [6.45, 7) is 4.74. The van der Waals surface area contributed by atoms with Gasteiger partial charge < -0.3 is 9.47 Å². The summed E-state index contributed by atoms with van der Waals surface area (Å²) in [6, 6.07) is 8.73. The Balaban J connectivity index is 2.07. The van der Waals surface area contributed by atoms with Crippen molar-refractivity contribution in [1.29, 1.82) is 0 Å². The van der Waals surface area contributed by atoms with Gasteiger partial charge in [-0.1, -0.05) is 31.5 Å². The van der Waals surface area contributed by atoms with Crippen LogP contribution in [-0.2, 0) is 0 Å². The van der Waals surface area contributed by atoms with E-state index in [1.165, 1.54) is 0 Å². The van der Waals surface area contributed by atoms with Crippen LogP contribution in [0.4, 0.5) is 4.39 Å². The minimum Gasteiger partial charge on any atom is -0.491 e. The summed E-state index contributed by atoms with van der Waals surface area (Å²) >= 11 is 3.48. The average Bonchev–Trinajstić information content (AvgIpc) is 3.21. The lowest BCUT2D eigenvalue weighted by Crippen LogP contribution is -2.17. The molecule has 0 saturated carbocycles. The molecule has 0 bridgehead atoms. The molecule has 0 saturated heterocycles. The van der Waals surface area contributed by atoms with Crippen molar-refractivity contribution in [2.45, 2.75) is 39.5 Å². The molecule has 0 fully saturated rings. The first-order valence-electron chi connectivity index (χ1n) is 9.49. The van der Waals surface area contributed by atoms with Crippen molar-refractivity contribution < 1.29 is 18.7 Å². The van der Waals surface area contributed by atoms with Crippen molar-refractivity contribution in [3.05, 3.63) is 57.3 Å². The third-order valence-electron chi connectivity index (χ3n) is 4.63. The molecule has 28 heavy (non-hydrogen) atoms. The number of unbranched alkanes of at least 4 members (excludes halogenated alkanes) is 1. The summed E-state index contributed by atoms with van der Waals surface area (Å²) in [4.78, 5) is 17.3. The highest BCUT2D eigenvalue weighted by Gasteiger charge is 2.30. The molecule has 0 unspecified atom stereocenters. The number of carbonyl (C=O) groups excluding carboxylic acids is 1. The van der Waals surface area contributed by atoms with Gasteiger partial charge in [-0.15, -0.1) is 0 Å². The zero-order chi connectivity index (χ0) is 20.1. The molecular weight excluding hydrogens is 425 g/mol. The molecule has 0 radical (unpaired) electrons. The first-order valence-corrected chi connectivity index (χ1v) is 10.3. The summed E-state index contributed by atoms with van der Waals surface area (Å²) in [5.74, 6) is -0.393. The number of carbonyl (C=O) groups is 1. The summed E-state index contributed by atoms with van der Waals surface area (Å²) in [5, 5.41) is 0. The number of benzene rings is 2. The molecule has 6 heteroatoms. The van der Waals surface area contributed by atoms with Crippen LogP contribution in [0.15, 0.2) is 39.8 Å². The molecule has 0 N–H and O–H groups in total. The summed E-state index contributed by atoms with van der Waals surface area (Å²) in [5.41, 5.74) is 1.40. The van der Waals surface area contributed by atoms with E-state index >= 15 is 4.39 Å². The van der Waals surface area contributed by atoms with Gasteiger partial charge in [-0.05, 0) is 54.2 Å². The van der Waals surface area contributed by atoms with Crippen LogP contribution in [0, 0.1) is 12.7 Å². The quantitative estimate of drug-likeness (QED) is 0.302. The predicted molar refractivity (Wildman–Crippen MR) is 111 cm³/mol. The largest absolute Gasteiger partial charge is 0.491 e. The number of ether oxygens (including phenoxy) is 2. The maximum atomic E-state index is 15.3. The van der Waals surface area contributed by atoms with Crippen molar-refractivity contribution in [3.63, 3.8) is 0 Å². The van der Waals surface area contributed by atoms with E-state index in [9.17, 15) is 4.79 Å². The number of hydrogen-bond donors (Lipinski definition) is 0. The molecule has 2 aromatic rings. The smallest absolute Gasteiger partial charge is 0.347 e. The van der Waals surface area contributed by atoms with E-state index in [0.29, 0.717) is 46.8 Å². The van der Waals surface area contributed by atoms with Gasteiger partial charge in [0, 0.05) is 23.4 Å². The lowest BCUT2D eigenvalue weighted by molar-refractivity contribution is 0.0728. The van der Waals surface area contributed by atoms with Gasteiger partial charge >= 0.3 is 5.97 Å². The van der Waals surface area contributed by atoms with Crippen molar-refractivity contribution in [2.24, 2.45) is 4.99 Å². The molecule has 4 nitrogen and oxygen atoms in total. The van der Waals surface area contributed by atoms with E-state index in [1.54, 1.807) is 31.2 Å². The van der Waals surface area contributed by atoms with Crippen molar-refractivity contribution in [1.82, 2.24) is 0 Å². The van der Waals surface area contributed by atoms with E-state index in [1.807, 2.05) is 6.07 Å². The summed E-state index contributed by atoms with van der Waals surface area (Å²) in [6.07, 6.45) is 3.37. The fraction of sp³-hybridized carbons (Fsp3) is 0.364. The summed E-state index contributed by atoms with van der Waals surface area (Å²) in [7, 11) is 0. The number of nitrogens with zero attached hydrogens (tertiary/aromatic N) is 1. The predicted octanol–water partition coefficient (Wildman–Crippen LogP) is 5.88. The Bertz CT molecular complexity index is 897. The Morgan fingerprint density at radius 3 is 2.68 bits per heavy atom. The molecule has 1 heterocycles. The Morgan fingerprint density at radius 1 is 1.29 bits per heavy atom. The first kappa shape index (κ1) is 20.5. The second kappa shape index (κ2) is 9.32. The molecule has 2 aromatic carbocycles. The van der Waals surface area contributed by atoms with Gasteiger partial charge in [-0.3, -0.25) is 4.99 Å². The molecule has 148 valence electrons. The number of halogens is 2. The minimum atomic E-state index is -0.644. The fourth-order valence-electron chi connectivity index (χ4n) is 3.13. The van der Waals surface area contributed by atoms with Gasteiger partial charge in [0.15, 0.2) is 0 Å². The van der Waals surface area contributed by atoms with Crippen LogP contribution in [0.25, 0.3) is 0 Å². The monoisotopic (exact) mass is 447 g/mol.